The Morgan fingerprint density at radius 1 is 1.12 bits per heavy atom. The van der Waals surface area contributed by atoms with Crippen molar-refractivity contribution in [2.45, 2.75) is 20.0 Å². The second kappa shape index (κ2) is 5.21. The van der Waals surface area contributed by atoms with E-state index in [0.29, 0.717) is 12.5 Å². The van der Waals surface area contributed by atoms with E-state index in [4.69, 9.17) is 4.74 Å². The van der Waals surface area contributed by atoms with Gasteiger partial charge in [0.2, 0.25) is 5.88 Å². The fraction of sp³-hybridized carbons (Fsp3) is 0.250. The van der Waals surface area contributed by atoms with E-state index in [1.54, 1.807) is 6.20 Å². The molecule has 0 aliphatic carbocycles. The van der Waals surface area contributed by atoms with E-state index in [-0.39, 0.29) is 0 Å². The monoisotopic (exact) mass is 215 g/mol. The van der Waals surface area contributed by atoms with Gasteiger partial charge in [-0.1, -0.05) is 13.0 Å². The molecule has 2 rings (SSSR count). The van der Waals surface area contributed by atoms with E-state index in [1.807, 2.05) is 31.2 Å². The highest BCUT2D eigenvalue weighted by Crippen LogP contribution is 2.09. The number of nitrogens with zero attached hydrogens (tertiary/aromatic N) is 3. The Balaban J connectivity index is 1.99. The molecular formula is C12H13N3O. The summed E-state index contributed by atoms with van der Waals surface area (Å²) in [5.41, 5.74) is 1.87. The standard InChI is InChI=1S/C12H13N3O/c1-2-10-7-12(15-9-14-10)16-8-11-5-3-4-6-13-11/h3-7,9H,2,8H2,1H3. The van der Waals surface area contributed by atoms with E-state index < -0.39 is 0 Å². The molecule has 0 saturated heterocycles. The molecular weight excluding hydrogens is 202 g/mol. The van der Waals surface area contributed by atoms with E-state index in [2.05, 4.69) is 15.0 Å². The Morgan fingerprint density at radius 3 is 2.81 bits per heavy atom. The number of aryl methyl sites for hydroxylation is 1. The average molecular weight is 215 g/mol. The molecule has 0 aromatic carbocycles. The zero-order valence-corrected chi connectivity index (χ0v) is 9.13. The van der Waals surface area contributed by atoms with Crippen LogP contribution in [0.5, 0.6) is 5.88 Å². The molecule has 0 N–H and O–H groups in total. The SMILES string of the molecule is CCc1cc(OCc2ccccn2)ncn1. The Labute approximate surface area is 94.4 Å². The van der Waals surface area contributed by atoms with Gasteiger partial charge in [-0.15, -0.1) is 0 Å². The first-order valence-electron chi connectivity index (χ1n) is 5.22. The van der Waals surface area contributed by atoms with Crippen molar-refractivity contribution in [1.82, 2.24) is 15.0 Å². The van der Waals surface area contributed by atoms with Crippen LogP contribution in [0.25, 0.3) is 0 Å². The third-order valence-corrected chi connectivity index (χ3v) is 2.15. The highest BCUT2D eigenvalue weighted by Gasteiger charge is 1.99. The Bertz CT molecular complexity index is 445. The summed E-state index contributed by atoms with van der Waals surface area (Å²) in [7, 11) is 0. The zero-order chi connectivity index (χ0) is 11.2. The number of ether oxygens (including phenoxy) is 1. The van der Waals surface area contributed by atoms with E-state index >= 15 is 0 Å². The normalized spacial score (nSPS) is 10.1. The molecule has 0 fully saturated rings. The molecule has 0 aliphatic heterocycles. The van der Waals surface area contributed by atoms with Crippen LogP contribution >= 0.6 is 0 Å². The first-order valence-corrected chi connectivity index (χ1v) is 5.22. The third-order valence-electron chi connectivity index (χ3n) is 2.15. The third kappa shape index (κ3) is 2.76. The minimum Gasteiger partial charge on any atom is -0.471 e. The lowest BCUT2D eigenvalue weighted by molar-refractivity contribution is 0.288. The highest BCUT2D eigenvalue weighted by atomic mass is 16.5. The van der Waals surface area contributed by atoms with Crippen LogP contribution in [0.15, 0.2) is 36.8 Å². The molecule has 4 heteroatoms. The predicted octanol–water partition coefficient (Wildman–Crippen LogP) is 2.01. The highest BCUT2D eigenvalue weighted by molar-refractivity contribution is 5.14. The summed E-state index contributed by atoms with van der Waals surface area (Å²) >= 11 is 0. The Morgan fingerprint density at radius 2 is 2.06 bits per heavy atom. The molecule has 0 radical (unpaired) electrons. The van der Waals surface area contributed by atoms with Crippen LogP contribution in [0, 0.1) is 0 Å². The average Bonchev–Trinajstić information content (AvgIpc) is 2.38. The molecule has 0 spiro atoms. The molecule has 2 aromatic rings. The van der Waals surface area contributed by atoms with Gasteiger partial charge in [-0.2, -0.15) is 0 Å². The summed E-state index contributed by atoms with van der Waals surface area (Å²) in [6, 6.07) is 7.58. The first kappa shape index (κ1) is 10.5. The minimum atomic E-state index is 0.432. The van der Waals surface area contributed by atoms with Crippen molar-refractivity contribution >= 4 is 0 Å². The summed E-state index contributed by atoms with van der Waals surface area (Å²) in [6.45, 7) is 2.48. The van der Waals surface area contributed by atoms with E-state index in [0.717, 1.165) is 17.8 Å². The van der Waals surface area contributed by atoms with Crippen LogP contribution < -0.4 is 4.74 Å². The molecule has 82 valence electrons. The van der Waals surface area contributed by atoms with Crippen LogP contribution in [0.3, 0.4) is 0 Å². The second-order valence-electron chi connectivity index (χ2n) is 3.31. The fourth-order valence-corrected chi connectivity index (χ4v) is 1.28. The molecule has 0 aliphatic rings. The maximum absolute atomic E-state index is 5.52. The topological polar surface area (TPSA) is 47.9 Å². The minimum absolute atomic E-state index is 0.432. The van der Waals surface area contributed by atoms with Crippen molar-refractivity contribution in [3.63, 3.8) is 0 Å². The predicted molar refractivity (Wildman–Crippen MR) is 60.0 cm³/mol. The first-order chi connectivity index (χ1) is 7.88. The zero-order valence-electron chi connectivity index (χ0n) is 9.13. The summed E-state index contributed by atoms with van der Waals surface area (Å²) in [5, 5.41) is 0. The quantitative estimate of drug-likeness (QED) is 0.782. The van der Waals surface area contributed by atoms with Gasteiger partial charge in [-0.25, -0.2) is 9.97 Å². The van der Waals surface area contributed by atoms with Crippen LogP contribution in [0.1, 0.15) is 18.3 Å². The van der Waals surface area contributed by atoms with Gasteiger partial charge in [0.05, 0.1) is 5.69 Å². The molecule has 16 heavy (non-hydrogen) atoms. The molecule has 0 unspecified atom stereocenters. The van der Waals surface area contributed by atoms with E-state index in [1.165, 1.54) is 6.33 Å². The van der Waals surface area contributed by atoms with Crippen LogP contribution in [-0.4, -0.2) is 15.0 Å². The Kier molecular flexibility index (Phi) is 3.43. The van der Waals surface area contributed by atoms with Crippen LogP contribution in [0.4, 0.5) is 0 Å². The summed E-state index contributed by atoms with van der Waals surface area (Å²) in [5.74, 6) is 0.595. The number of hydrogen-bond acceptors (Lipinski definition) is 4. The molecule has 0 bridgehead atoms. The van der Waals surface area contributed by atoms with Gasteiger partial charge >= 0.3 is 0 Å². The number of aromatic nitrogens is 3. The largest absolute Gasteiger partial charge is 0.471 e. The molecule has 0 saturated carbocycles. The maximum atomic E-state index is 5.52. The van der Waals surface area contributed by atoms with Gasteiger partial charge in [0.15, 0.2) is 0 Å². The molecule has 0 atom stereocenters. The van der Waals surface area contributed by atoms with Gasteiger partial charge in [0.1, 0.15) is 12.9 Å². The smallest absolute Gasteiger partial charge is 0.216 e. The van der Waals surface area contributed by atoms with Crippen LogP contribution in [0.2, 0.25) is 0 Å². The lowest BCUT2D eigenvalue weighted by Crippen LogP contribution is -2.00. The van der Waals surface area contributed by atoms with Crippen LogP contribution in [-0.2, 0) is 13.0 Å². The second-order valence-corrected chi connectivity index (χ2v) is 3.31. The van der Waals surface area contributed by atoms with E-state index in [9.17, 15) is 0 Å². The molecule has 0 amide bonds. The van der Waals surface area contributed by atoms with Gasteiger partial charge in [-0.05, 0) is 18.6 Å². The van der Waals surface area contributed by atoms with Gasteiger partial charge in [-0.3, -0.25) is 4.98 Å². The van der Waals surface area contributed by atoms with Crippen molar-refractivity contribution in [1.29, 1.82) is 0 Å². The number of rotatable bonds is 4. The lowest BCUT2D eigenvalue weighted by Gasteiger charge is -2.04. The summed E-state index contributed by atoms with van der Waals surface area (Å²) in [4.78, 5) is 12.3. The number of hydrogen-bond donors (Lipinski definition) is 0. The summed E-state index contributed by atoms with van der Waals surface area (Å²) < 4.78 is 5.52. The molecule has 2 aromatic heterocycles. The van der Waals surface area contributed by atoms with Crippen molar-refractivity contribution in [2.24, 2.45) is 0 Å². The Hall–Kier alpha value is -1.97. The number of pyridine rings is 1. The van der Waals surface area contributed by atoms with Crippen molar-refractivity contribution in [2.75, 3.05) is 0 Å². The van der Waals surface area contributed by atoms with Gasteiger partial charge < -0.3 is 4.74 Å². The summed E-state index contributed by atoms with van der Waals surface area (Å²) in [6.07, 6.45) is 4.14. The van der Waals surface area contributed by atoms with Gasteiger partial charge in [0.25, 0.3) is 0 Å². The fourth-order valence-electron chi connectivity index (χ4n) is 1.28. The van der Waals surface area contributed by atoms with Crippen molar-refractivity contribution < 1.29 is 4.74 Å². The van der Waals surface area contributed by atoms with Gasteiger partial charge in [0, 0.05) is 18.0 Å². The lowest BCUT2D eigenvalue weighted by atomic mass is 10.3. The maximum Gasteiger partial charge on any atom is 0.216 e. The molecule has 4 nitrogen and oxygen atoms in total. The van der Waals surface area contributed by atoms with Crippen molar-refractivity contribution in [3.05, 3.63) is 48.2 Å². The molecule has 2 heterocycles. The van der Waals surface area contributed by atoms with Crippen molar-refractivity contribution in [3.8, 4) is 5.88 Å².